The highest BCUT2D eigenvalue weighted by Gasteiger charge is 2.22. The fraction of sp³-hybridized carbons (Fsp3) is 0.417. The van der Waals surface area contributed by atoms with E-state index in [4.69, 9.17) is 11.5 Å². The van der Waals surface area contributed by atoms with Crippen molar-refractivity contribution in [1.29, 1.82) is 0 Å². The molecular weight excluding hydrogens is 244 g/mol. The molecule has 100 valence electrons. The van der Waals surface area contributed by atoms with Crippen LogP contribution in [0.5, 0.6) is 0 Å². The molecule has 0 radical (unpaired) electrons. The first-order valence-electron chi connectivity index (χ1n) is 6.29. The number of carbonyl (C=O) groups excluding carboxylic acids is 1. The molecule has 0 saturated carbocycles. The van der Waals surface area contributed by atoms with E-state index in [1.165, 1.54) is 6.20 Å². The van der Waals surface area contributed by atoms with Gasteiger partial charge in [0.05, 0.1) is 11.9 Å². The third-order valence-corrected chi connectivity index (χ3v) is 3.46. The van der Waals surface area contributed by atoms with Gasteiger partial charge in [0.2, 0.25) is 0 Å². The number of nitrogens with two attached hydrogens (primary N) is 2. The number of primary amides is 1. The van der Waals surface area contributed by atoms with Crippen LogP contribution in [0.3, 0.4) is 0 Å². The molecule has 1 fully saturated rings. The van der Waals surface area contributed by atoms with Crippen LogP contribution < -0.4 is 16.4 Å². The number of nitrogens with zero attached hydrogens (tertiary/aromatic N) is 3. The lowest BCUT2D eigenvalue weighted by molar-refractivity contribution is 0.100. The van der Waals surface area contributed by atoms with Gasteiger partial charge in [-0.1, -0.05) is 0 Å². The summed E-state index contributed by atoms with van der Waals surface area (Å²) in [5.74, 6) is 0.263. The number of hydrogen-bond donors (Lipinski definition) is 3. The minimum absolute atomic E-state index is 0.157. The number of piperidine rings is 1. The molecule has 1 aliphatic heterocycles. The number of hydrogen-bond acceptors (Lipinski definition) is 5. The molecule has 0 aliphatic carbocycles. The van der Waals surface area contributed by atoms with Gasteiger partial charge in [0, 0.05) is 25.3 Å². The second kappa shape index (κ2) is 4.51. The quantitative estimate of drug-likeness (QED) is 0.702. The highest BCUT2D eigenvalue weighted by Crippen LogP contribution is 2.26. The van der Waals surface area contributed by atoms with Gasteiger partial charge in [-0.15, -0.1) is 0 Å². The van der Waals surface area contributed by atoms with Gasteiger partial charge in [0.1, 0.15) is 11.0 Å². The zero-order valence-electron chi connectivity index (χ0n) is 10.5. The van der Waals surface area contributed by atoms with Crippen molar-refractivity contribution in [3.63, 3.8) is 0 Å². The van der Waals surface area contributed by atoms with E-state index in [0.29, 0.717) is 11.1 Å². The number of fused-ring (bicyclic) bond motifs is 1. The summed E-state index contributed by atoms with van der Waals surface area (Å²) in [6.45, 7) is 1.67. The summed E-state index contributed by atoms with van der Waals surface area (Å²) < 4.78 is 0. The van der Waals surface area contributed by atoms with Gasteiger partial charge >= 0.3 is 0 Å². The Kier molecular flexibility index (Phi) is 2.83. The van der Waals surface area contributed by atoms with Gasteiger partial charge in [-0.05, 0) is 12.8 Å². The molecule has 5 N–H and O–H groups in total. The lowest BCUT2D eigenvalue weighted by atomic mass is 10.1. The van der Waals surface area contributed by atoms with Crippen LogP contribution in [-0.2, 0) is 0 Å². The van der Waals surface area contributed by atoms with Crippen LogP contribution in [0, 0.1) is 0 Å². The standard InChI is InChI=1S/C12H16N6O/c13-7-2-1-3-18(5-7)12-10-9(16-6-17-10)8(4-15-12)11(14)19/h4,6-7H,1-3,5,13H2,(H2,14,19)(H,16,17)/t7-/m0/s1. The van der Waals surface area contributed by atoms with Crippen molar-refractivity contribution < 1.29 is 4.79 Å². The van der Waals surface area contributed by atoms with E-state index in [0.717, 1.165) is 37.3 Å². The van der Waals surface area contributed by atoms with E-state index in [9.17, 15) is 4.79 Å². The average molecular weight is 260 g/mol. The molecule has 1 amide bonds. The molecule has 3 heterocycles. The predicted octanol–water partition coefficient (Wildman–Crippen LogP) is -0.0157. The van der Waals surface area contributed by atoms with Gasteiger partial charge in [-0.2, -0.15) is 0 Å². The summed E-state index contributed by atoms with van der Waals surface area (Å²) in [6.07, 6.45) is 5.10. The summed E-state index contributed by atoms with van der Waals surface area (Å²) >= 11 is 0. The molecule has 7 nitrogen and oxygen atoms in total. The van der Waals surface area contributed by atoms with Crippen molar-refractivity contribution >= 4 is 22.8 Å². The summed E-state index contributed by atoms with van der Waals surface area (Å²) in [6, 6.07) is 0.157. The van der Waals surface area contributed by atoms with Crippen LogP contribution in [0.2, 0.25) is 0 Å². The normalized spacial score (nSPS) is 19.8. The van der Waals surface area contributed by atoms with Crippen LogP contribution in [-0.4, -0.2) is 40.0 Å². The number of nitrogens with one attached hydrogen (secondary N) is 1. The van der Waals surface area contributed by atoms with Crippen molar-refractivity contribution in [2.24, 2.45) is 11.5 Å². The molecule has 0 spiro atoms. The molecular formula is C12H16N6O. The third kappa shape index (κ3) is 2.01. The average Bonchev–Trinajstić information content (AvgIpc) is 2.86. The fourth-order valence-electron chi connectivity index (χ4n) is 2.54. The van der Waals surface area contributed by atoms with Gasteiger partial charge in [-0.3, -0.25) is 4.79 Å². The topological polar surface area (TPSA) is 114 Å². The molecule has 0 unspecified atom stereocenters. The highest BCUT2D eigenvalue weighted by atomic mass is 16.1. The Hall–Kier alpha value is -2.15. The maximum absolute atomic E-state index is 11.3. The maximum atomic E-state index is 11.3. The number of imidazole rings is 1. The highest BCUT2D eigenvalue weighted by molar-refractivity contribution is 6.05. The molecule has 1 atom stereocenters. The number of aromatic nitrogens is 3. The second-order valence-electron chi connectivity index (χ2n) is 4.83. The molecule has 3 rings (SSSR count). The summed E-state index contributed by atoms with van der Waals surface area (Å²) in [5.41, 5.74) is 13.0. The third-order valence-electron chi connectivity index (χ3n) is 3.46. The number of rotatable bonds is 2. The van der Waals surface area contributed by atoms with Crippen LogP contribution in [0.4, 0.5) is 5.82 Å². The SMILES string of the molecule is NC(=O)c1cnc(N2CCC[C@H](N)C2)c2[nH]cnc12. The van der Waals surface area contributed by atoms with Crippen LogP contribution in [0.15, 0.2) is 12.5 Å². The number of H-pyrrole nitrogens is 1. The lowest BCUT2D eigenvalue weighted by Crippen LogP contribution is -2.43. The van der Waals surface area contributed by atoms with E-state index in [1.807, 2.05) is 0 Å². The van der Waals surface area contributed by atoms with E-state index >= 15 is 0 Å². The van der Waals surface area contributed by atoms with Crippen LogP contribution in [0.1, 0.15) is 23.2 Å². The van der Waals surface area contributed by atoms with E-state index in [2.05, 4.69) is 19.9 Å². The Morgan fingerprint density at radius 1 is 1.47 bits per heavy atom. The fourth-order valence-corrected chi connectivity index (χ4v) is 2.54. The van der Waals surface area contributed by atoms with Crippen molar-refractivity contribution in [3.8, 4) is 0 Å². The zero-order valence-corrected chi connectivity index (χ0v) is 10.5. The molecule has 2 aromatic heterocycles. The van der Waals surface area contributed by atoms with Gasteiger partial charge in [0.15, 0.2) is 5.82 Å². The smallest absolute Gasteiger partial charge is 0.252 e. The Balaban J connectivity index is 2.07. The minimum Gasteiger partial charge on any atom is -0.365 e. The van der Waals surface area contributed by atoms with E-state index in [1.54, 1.807) is 6.33 Å². The predicted molar refractivity (Wildman–Crippen MR) is 71.8 cm³/mol. The molecule has 1 saturated heterocycles. The zero-order chi connectivity index (χ0) is 13.4. The van der Waals surface area contributed by atoms with Crippen LogP contribution in [0.25, 0.3) is 11.0 Å². The number of anilines is 1. The van der Waals surface area contributed by atoms with Crippen molar-refractivity contribution in [2.45, 2.75) is 18.9 Å². The van der Waals surface area contributed by atoms with E-state index in [-0.39, 0.29) is 6.04 Å². The molecule has 1 aliphatic rings. The van der Waals surface area contributed by atoms with Gasteiger partial charge in [0.25, 0.3) is 5.91 Å². The first kappa shape index (κ1) is 11.9. The molecule has 19 heavy (non-hydrogen) atoms. The summed E-state index contributed by atoms with van der Waals surface area (Å²) in [4.78, 5) is 25.0. The summed E-state index contributed by atoms with van der Waals surface area (Å²) in [5, 5.41) is 0. The second-order valence-corrected chi connectivity index (χ2v) is 4.83. The summed E-state index contributed by atoms with van der Waals surface area (Å²) in [7, 11) is 0. The molecule has 2 aromatic rings. The number of amides is 1. The van der Waals surface area contributed by atoms with Gasteiger partial charge < -0.3 is 21.4 Å². The minimum atomic E-state index is -0.522. The van der Waals surface area contributed by atoms with Crippen molar-refractivity contribution in [3.05, 3.63) is 18.1 Å². The van der Waals surface area contributed by atoms with E-state index < -0.39 is 5.91 Å². The largest absolute Gasteiger partial charge is 0.365 e. The van der Waals surface area contributed by atoms with Crippen LogP contribution >= 0.6 is 0 Å². The number of pyridine rings is 1. The Bertz CT molecular complexity index is 622. The monoisotopic (exact) mass is 260 g/mol. The molecule has 0 aromatic carbocycles. The Labute approximate surface area is 110 Å². The lowest BCUT2D eigenvalue weighted by Gasteiger charge is -2.31. The number of carbonyl (C=O) groups is 1. The number of aromatic amines is 1. The van der Waals surface area contributed by atoms with Crippen molar-refractivity contribution in [1.82, 2.24) is 15.0 Å². The first-order valence-corrected chi connectivity index (χ1v) is 6.29. The molecule has 0 bridgehead atoms. The Morgan fingerprint density at radius 3 is 3.05 bits per heavy atom. The van der Waals surface area contributed by atoms with Crippen molar-refractivity contribution in [2.75, 3.05) is 18.0 Å². The molecule has 7 heteroatoms. The van der Waals surface area contributed by atoms with Gasteiger partial charge in [-0.25, -0.2) is 9.97 Å². The first-order chi connectivity index (χ1) is 9.16. The maximum Gasteiger partial charge on any atom is 0.252 e. The Morgan fingerprint density at radius 2 is 2.32 bits per heavy atom.